The van der Waals surface area contributed by atoms with Crippen LogP contribution >= 0.6 is 34.9 Å². The second-order valence-corrected chi connectivity index (χ2v) is 12.2. The average Bonchev–Trinajstić information content (AvgIpc) is 3.60. The van der Waals surface area contributed by atoms with Crippen LogP contribution in [0.5, 0.6) is 0 Å². The van der Waals surface area contributed by atoms with Crippen LogP contribution in [0.1, 0.15) is 31.4 Å². The van der Waals surface area contributed by atoms with Crippen LogP contribution in [0.4, 0.5) is 5.13 Å². The molecule has 2 amide bonds. The van der Waals surface area contributed by atoms with Crippen molar-refractivity contribution in [3.63, 3.8) is 0 Å². The number of carboxylic acid groups (broad SMARTS) is 1. The van der Waals surface area contributed by atoms with E-state index in [0.29, 0.717) is 23.1 Å². The maximum absolute atomic E-state index is 13.0. The Morgan fingerprint density at radius 3 is 2.72 bits per heavy atom. The number of hydrogen-bond donors (Lipinski definition) is 4. The highest BCUT2D eigenvalue weighted by Gasteiger charge is 2.54. The van der Waals surface area contributed by atoms with Crippen molar-refractivity contribution in [2.24, 2.45) is 5.16 Å². The molecule has 3 aliphatic rings. The standard InChI is InChI=1S/C24H27N7O5S3/c1-36-29-17(16-12-39-24(25)26-16)20(32)27-18-21(33)31-19(23(34)35)13(11-38-22(18)31)10-37-15-6-8-30(9-7-15)28-14-4-2-3-5-14/h6-9,12,14,18,22,28H,2-5,10-11H2,1H3,(H3-,25,26,27,32,34,35)/p+1/b29-17-/t18-,22-/m1/s1. The van der Waals surface area contributed by atoms with Gasteiger partial charge in [-0.3, -0.25) is 14.5 Å². The molecule has 0 spiro atoms. The SMILES string of the molecule is CO/N=C(\C(=O)N[C@@H]1C(=O)N2C(C(=O)O)=C(CSc3cc[n+](NC4CCCC4)cc3)CS[C@H]12)c1csc(N)n1. The number of amides is 2. The number of carboxylic acids is 1. The first-order valence-corrected chi connectivity index (χ1v) is 15.2. The van der Waals surface area contributed by atoms with Crippen LogP contribution in [0.15, 0.2) is 51.2 Å². The molecule has 0 bridgehead atoms. The molecule has 12 nitrogen and oxygen atoms in total. The van der Waals surface area contributed by atoms with Crippen LogP contribution in [0, 0.1) is 0 Å². The molecule has 206 valence electrons. The summed E-state index contributed by atoms with van der Waals surface area (Å²) in [6.07, 6.45) is 8.79. The summed E-state index contributed by atoms with van der Waals surface area (Å²) in [6.45, 7) is 0. The highest BCUT2D eigenvalue weighted by atomic mass is 32.2. The zero-order valence-corrected chi connectivity index (χ0v) is 23.5. The number of fused-ring (bicyclic) bond motifs is 1. The van der Waals surface area contributed by atoms with Gasteiger partial charge in [0.25, 0.3) is 11.8 Å². The lowest BCUT2D eigenvalue weighted by atomic mass is 10.0. The van der Waals surface area contributed by atoms with Gasteiger partial charge in [-0.2, -0.15) is 5.43 Å². The Morgan fingerprint density at radius 1 is 1.33 bits per heavy atom. The number of carbonyl (C=O) groups is 3. The molecular weight excluding hydrogens is 563 g/mol. The number of nitrogen functional groups attached to an aromatic ring is 1. The predicted octanol–water partition coefficient (Wildman–Crippen LogP) is 1.38. The van der Waals surface area contributed by atoms with E-state index < -0.39 is 29.2 Å². The molecule has 4 heterocycles. The summed E-state index contributed by atoms with van der Waals surface area (Å²) in [5.74, 6) is -1.47. The Bertz CT molecular complexity index is 1320. The number of nitrogens with zero attached hydrogens (tertiary/aromatic N) is 4. The van der Waals surface area contributed by atoms with Crippen molar-refractivity contribution < 1.29 is 29.0 Å². The monoisotopic (exact) mass is 590 g/mol. The number of oxime groups is 1. The minimum atomic E-state index is -1.17. The van der Waals surface area contributed by atoms with E-state index in [1.165, 1.54) is 61.2 Å². The van der Waals surface area contributed by atoms with Crippen LogP contribution in [-0.2, 0) is 19.2 Å². The number of anilines is 1. The molecule has 5 N–H and O–H groups in total. The van der Waals surface area contributed by atoms with Gasteiger partial charge in [-0.1, -0.05) is 22.7 Å². The number of thiazole rings is 1. The highest BCUT2D eigenvalue weighted by molar-refractivity contribution is 8.01. The molecule has 0 aromatic carbocycles. The Kier molecular flexibility index (Phi) is 8.28. The normalized spacial score (nSPS) is 21.4. The predicted molar refractivity (Wildman–Crippen MR) is 149 cm³/mol. The fraction of sp³-hybridized carbons (Fsp3) is 0.417. The number of thioether (sulfide) groups is 2. The molecule has 2 aliphatic heterocycles. The van der Waals surface area contributed by atoms with Gasteiger partial charge in [-0.25, -0.2) is 9.78 Å². The summed E-state index contributed by atoms with van der Waals surface area (Å²) in [5.41, 5.74) is 9.89. The molecular formula is C24H28N7O5S3+. The summed E-state index contributed by atoms with van der Waals surface area (Å²) >= 11 is 4.07. The van der Waals surface area contributed by atoms with E-state index in [9.17, 15) is 19.5 Å². The van der Waals surface area contributed by atoms with Crippen molar-refractivity contribution >= 4 is 63.5 Å². The zero-order valence-electron chi connectivity index (χ0n) is 21.0. The number of aromatic nitrogens is 2. The van der Waals surface area contributed by atoms with Crippen molar-refractivity contribution in [3.8, 4) is 0 Å². The van der Waals surface area contributed by atoms with Crippen LogP contribution < -0.4 is 21.2 Å². The lowest BCUT2D eigenvalue weighted by Crippen LogP contribution is -2.71. The molecule has 2 fully saturated rings. The lowest BCUT2D eigenvalue weighted by molar-refractivity contribution is -0.653. The van der Waals surface area contributed by atoms with Gasteiger partial charge in [0, 0.05) is 33.9 Å². The first kappa shape index (κ1) is 27.3. The number of carbonyl (C=O) groups excluding carboxylic acids is 2. The van der Waals surface area contributed by atoms with Gasteiger partial charge in [0.05, 0.1) is 6.04 Å². The van der Waals surface area contributed by atoms with Gasteiger partial charge in [-0.05, 0) is 18.4 Å². The van der Waals surface area contributed by atoms with E-state index >= 15 is 0 Å². The fourth-order valence-corrected chi connectivity index (χ4v) is 7.64. The fourth-order valence-electron chi connectivity index (χ4n) is 4.73. The Labute approximate surface area is 237 Å². The summed E-state index contributed by atoms with van der Waals surface area (Å²) in [5, 5.41) is 17.6. The van der Waals surface area contributed by atoms with E-state index in [0.717, 1.165) is 16.2 Å². The number of aliphatic carboxylic acids is 1. The number of rotatable bonds is 10. The van der Waals surface area contributed by atoms with Crippen LogP contribution in [0.2, 0.25) is 0 Å². The summed E-state index contributed by atoms with van der Waals surface area (Å²) in [7, 11) is 1.29. The van der Waals surface area contributed by atoms with E-state index in [1.54, 1.807) is 5.38 Å². The van der Waals surface area contributed by atoms with Gasteiger partial charge < -0.3 is 21.0 Å². The molecule has 15 heteroatoms. The second-order valence-electron chi connectivity index (χ2n) is 9.15. The Balaban J connectivity index is 1.23. The van der Waals surface area contributed by atoms with Gasteiger partial charge >= 0.3 is 5.97 Å². The molecule has 1 aliphatic carbocycles. The Morgan fingerprint density at radius 2 is 2.08 bits per heavy atom. The maximum atomic E-state index is 13.0. The molecule has 1 saturated carbocycles. The number of nitrogens with one attached hydrogen (secondary N) is 2. The zero-order chi connectivity index (χ0) is 27.5. The number of hydrogen-bond acceptors (Lipinski definition) is 11. The number of β-lactam (4-membered cyclic amide) rings is 1. The number of pyridine rings is 1. The molecule has 2 aromatic heterocycles. The van der Waals surface area contributed by atoms with E-state index in [-0.39, 0.29) is 22.2 Å². The van der Waals surface area contributed by atoms with Gasteiger partial charge in [0.2, 0.25) is 12.4 Å². The van der Waals surface area contributed by atoms with Crippen LogP contribution in [0.3, 0.4) is 0 Å². The largest absolute Gasteiger partial charge is 0.477 e. The van der Waals surface area contributed by atoms with Crippen molar-refractivity contribution in [1.29, 1.82) is 0 Å². The maximum Gasteiger partial charge on any atom is 0.352 e. The summed E-state index contributed by atoms with van der Waals surface area (Å²) in [6, 6.07) is 3.57. The van der Waals surface area contributed by atoms with E-state index in [2.05, 4.69) is 20.9 Å². The third-order valence-electron chi connectivity index (χ3n) is 6.60. The average molecular weight is 591 g/mol. The molecule has 1 saturated heterocycles. The van der Waals surface area contributed by atoms with Crippen molar-refractivity contribution in [2.75, 3.05) is 29.8 Å². The highest BCUT2D eigenvalue weighted by Crippen LogP contribution is 2.41. The van der Waals surface area contributed by atoms with Gasteiger partial charge in [-0.15, -0.1) is 34.9 Å². The van der Waals surface area contributed by atoms with Gasteiger partial charge in [0.1, 0.15) is 29.9 Å². The molecule has 39 heavy (non-hydrogen) atoms. The molecule has 2 aromatic rings. The van der Waals surface area contributed by atoms with Gasteiger partial charge in [0.15, 0.2) is 10.8 Å². The van der Waals surface area contributed by atoms with Crippen molar-refractivity contribution in [2.45, 2.75) is 48.0 Å². The van der Waals surface area contributed by atoms with E-state index in [1.807, 2.05) is 29.2 Å². The molecule has 5 rings (SSSR count). The minimum Gasteiger partial charge on any atom is -0.477 e. The topological polar surface area (TPSA) is 163 Å². The Hall–Kier alpha value is -3.30. The third-order valence-corrected chi connectivity index (χ3v) is 9.71. The van der Waals surface area contributed by atoms with E-state index in [4.69, 9.17) is 10.6 Å². The smallest absolute Gasteiger partial charge is 0.352 e. The second kappa shape index (κ2) is 11.8. The molecule has 0 radical (unpaired) electrons. The number of nitrogens with two attached hydrogens (primary N) is 1. The molecule has 0 unspecified atom stereocenters. The van der Waals surface area contributed by atoms with Crippen molar-refractivity contribution in [3.05, 3.63) is 46.9 Å². The summed E-state index contributed by atoms with van der Waals surface area (Å²) in [4.78, 5) is 49.2. The van der Waals surface area contributed by atoms with Crippen molar-refractivity contribution in [1.82, 2.24) is 15.2 Å². The molecule has 2 atom stereocenters. The quantitative estimate of drug-likeness (QED) is 0.105. The lowest BCUT2D eigenvalue weighted by Gasteiger charge is -2.49. The first-order chi connectivity index (χ1) is 18.9. The first-order valence-electron chi connectivity index (χ1n) is 12.3. The third kappa shape index (κ3) is 5.84. The van der Waals surface area contributed by atoms with Crippen LogP contribution in [0.25, 0.3) is 0 Å². The minimum absolute atomic E-state index is 0.0197. The van der Waals surface area contributed by atoms with Crippen LogP contribution in [-0.4, -0.2) is 74.6 Å². The summed E-state index contributed by atoms with van der Waals surface area (Å²) < 4.78 is 1.96.